The van der Waals surface area contributed by atoms with E-state index in [1.807, 2.05) is 24.3 Å². The molecule has 1 atom stereocenters. The second-order valence-corrected chi connectivity index (χ2v) is 8.95. The predicted octanol–water partition coefficient (Wildman–Crippen LogP) is 1.17. The number of nitrogens with two attached hydrogens (primary N) is 1. The summed E-state index contributed by atoms with van der Waals surface area (Å²) in [5.74, 6) is -0.227. The molecule has 1 amide bonds. The Kier molecular flexibility index (Phi) is 8.63. The van der Waals surface area contributed by atoms with Crippen molar-refractivity contribution in [3.63, 3.8) is 0 Å². The monoisotopic (exact) mass is 409 g/mol. The molecule has 1 aromatic carbocycles. The highest BCUT2D eigenvalue weighted by Gasteiger charge is 2.25. The molecule has 1 unspecified atom stereocenters. The van der Waals surface area contributed by atoms with E-state index in [0.717, 1.165) is 36.5 Å². The number of sulfone groups is 1. The highest BCUT2D eigenvalue weighted by atomic mass is 35.5. The van der Waals surface area contributed by atoms with Gasteiger partial charge in [0.1, 0.15) is 9.84 Å². The predicted molar refractivity (Wildman–Crippen MR) is 103 cm³/mol. The highest BCUT2D eigenvalue weighted by Crippen LogP contribution is 2.14. The smallest absolute Gasteiger partial charge is 0.239 e. The van der Waals surface area contributed by atoms with Crippen LogP contribution in [0.4, 0.5) is 0 Å². The fraction of sp³-hybridized carbons (Fsp3) is 0.562. The number of carbonyl (C=O) groups is 1. The molecule has 1 aliphatic heterocycles. The molecule has 0 saturated carbocycles. The molecule has 142 valence electrons. The summed E-state index contributed by atoms with van der Waals surface area (Å²) in [4.78, 5) is 16.3. The summed E-state index contributed by atoms with van der Waals surface area (Å²) in [6, 6.07) is 7.00. The average Bonchev–Trinajstić information content (AvgIpc) is 2.52. The van der Waals surface area contributed by atoms with Crippen LogP contribution < -0.4 is 5.73 Å². The summed E-state index contributed by atoms with van der Waals surface area (Å²) in [5, 5.41) is 0.721. The number of rotatable bonds is 6. The number of halogens is 2. The number of nitrogens with zero attached hydrogens (tertiary/aromatic N) is 2. The lowest BCUT2D eigenvalue weighted by molar-refractivity contribution is -0.134. The van der Waals surface area contributed by atoms with Crippen molar-refractivity contribution in [1.29, 1.82) is 0 Å². The Hall–Kier alpha value is -0.860. The Balaban J connectivity index is 0.00000312. The number of hydrogen-bond acceptors (Lipinski definition) is 5. The van der Waals surface area contributed by atoms with Gasteiger partial charge in [-0.3, -0.25) is 9.69 Å². The molecule has 1 heterocycles. The summed E-state index contributed by atoms with van der Waals surface area (Å²) in [5.41, 5.74) is 6.99. The van der Waals surface area contributed by atoms with Gasteiger partial charge >= 0.3 is 0 Å². The summed E-state index contributed by atoms with van der Waals surface area (Å²) in [6.45, 7) is 3.52. The van der Waals surface area contributed by atoms with E-state index < -0.39 is 15.9 Å². The van der Waals surface area contributed by atoms with Crippen LogP contribution in [0, 0.1) is 0 Å². The van der Waals surface area contributed by atoms with Gasteiger partial charge in [0.25, 0.3) is 0 Å². The van der Waals surface area contributed by atoms with Crippen molar-refractivity contribution in [2.75, 3.05) is 38.2 Å². The SMILES string of the molecule is CS(=O)(=O)CCC(N)C(=O)N1CCN(Cc2cccc(Cl)c2)CC1.Cl. The zero-order valence-electron chi connectivity index (χ0n) is 14.2. The summed E-state index contributed by atoms with van der Waals surface area (Å²) in [7, 11) is -3.10. The van der Waals surface area contributed by atoms with E-state index in [4.69, 9.17) is 17.3 Å². The van der Waals surface area contributed by atoms with E-state index in [2.05, 4.69) is 4.90 Å². The van der Waals surface area contributed by atoms with Crippen molar-refractivity contribution in [1.82, 2.24) is 9.80 Å². The molecule has 9 heteroatoms. The average molecular weight is 410 g/mol. The molecule has 6 nitrogen and oxygen atoms in total. The molecule has 2 N–H and O–H groups in total. The van der Waals surface area contributed by atoms with Crippen molar-refractivity contribution in [2.45, 2.75) is 19.0 Å². The second-order valence-electron chi connectivity index (χ2n) is 6.26. The maximum Gasteiger partial charge on any atom is 0.239 e. The van der Waals surface area contributed by atoms with Crippen molar-refractivity contribution >= 4 is 39.8 Å². The Morgan fingerprint density at radius 3 is 2.48 bits per heavy atom. The van der Waals surface area contributed by atoms with E-state index in [0.29, 0.717) is 13.1 Å². The van der Waals surface area contributed by atoms with Gasteiger partial charge in [-0.25, -0.2) is 8.42 Å². The lowest BCUT2D eigenvalue weighted by Crippen LogP contribution is -2.53. The molecule has 0 aromatic heterocycles. The van der Waals surface area contributed by atoms with Crippen LogP contribution in [0.3, 0.4) is 0 Å². The number of piperazine rings is 1. The van der Waals surface area contributed by atoms with Crippen LogP contribution in [-0.2, 0) is 21.2 Å². The molecule has 25 heavy (non-hydrogen) atoms. The molecule has 1 aromatic rings. The Morgan fingerprint density at radius 2 is 1.92 bits per heavy atom. The van der Waals surface area contributed by atoms with E-state index in [-0.39, 0.29) is 30.5 Å². The van der Waals surface area contributed by atoms with Crippen LogP contribution in [0.25, 0.3) is 0 Å². The van der Waals surface area contributed by atoms with E-state index in [9.17, 15) is 13.2 Å². The van der Waals surface area contributed by atoms with Crippen LogP contribution in [-0.4, -0.2) is 68.4 Å². The Bertz CT molecular complexity index is 677. The first kappa shape index (κ1) is 22.2. The minimum Gasteiger partial charge on any atom is -0.339 e. The third-order valence-electron chi connectivity index (χ3n) is 4.10. The highest BCUT2D eigenvalue weighted by molar-refractivity contribution is 7.90. The lowest BCUT2D eigenvalue weighted by Gasteiger charge is -2.36. The molecule has 0 spiro atoms. The van der Waals surface area contributed by atoms with Crippen molar-refractivity contribution in [3.8, 4) is 0 Å². The minimum atomic E-state index is -3.10. The van der Waals surface area contributed by atoms with Crippen LogP contribution in [0.1, 0.15) is 12.0 Å². The first-order valence-corrected chi connectivity index (χ1v) is 10.4. The zero-order valence-corrected chi connectivity index (χ0v) is 16.6. The normalized spacial score (nSPS) is 17.0. The third kappa shape index (κ3) is 7.50. The van der Waals surface area contributed by atoms with Gasteiger partial charge in [0.2, 0.25) is 5.91 Å². The van der Waals surface area contributed by atoms with Gasteiger partial charge in [0.05, 0.1) is 11.8 Å². The fourth-order valence-electron chi connectivity index (χ4n) is 2.72. The van der Waals surface area contributed by atoms with E-state index >= 15 is 0 Å². The van der Waals surface area contributed by atoms with Crippen molar-refractivity contribution in [3.05, 3.63) is 34.9 Å². The Labute approximate surface area is 160 Å². The molecular weight excluding hydrogens is 385 g/mol. The molecular formula is C16H25Cl2N3O3S. The standard InChI is InChI=1S/C16H24ClN3O3S.ClH/c1-24(22,23)10-5-15(18)16(21)20-8-6-19(7-9-20)12-13-3-2-4-14(17)11-13;/h2-4,11,15H,5-10,12,18H2,1H3;1H. The maximum absolute atomic E-state index is 12.3. The molecule has 0 aliphatic carbocycles. The Morgan fingerprint density at radius 1 is 1.28 bits per heavy atom. The summed E-state index contributed by atoms with van der Waals surface area (Å²) in [6.07, 6.45) is 1.32. The second kappa shape index (κ2) is 9.73. The van der Waals surface area contributed by atoms with Crippen LogP contribution in [0.15, 0.2) is 24.3 Å². The molecule has 1 fully saturated rings. The first-order chi connectivity index (χ1) is 11.2. The quantitative estimate of drug-likeness (QED) is 0.761. The molecule has 2 rings (SSSR count). The van der Waals surface area contributed by atoms with Crippen LogP contribution >= 0.6 is 24.0 Å². The molecule has 1 saturated heterocycles. The topological polar surface area (TPSA) is 83.7 Å². The number of amides is 1. The fourth-order valence-corrected chi connectivity index (χ4v) is 3.61. The van der Waals surface area contributed by atoms with Crippen molar-refractivity contribution in [2.24, 2.45) is 5.73 Å². The molecule has 1 aliphatic rings. The lowest BCUT2D eigenvalue weighted by atomic mass is 10.1. The van der Waals surface area contributed by atoms with Gasteiger partial charge in [0, 0.05) is 44.0 Å². The van der Waals surface area contributed by atoms with Crippen LogP contribution in [0.2, 0.25) is 5.02 Å². The van der Waals surface area contributed by atoms with E-state index in [1.165, 1.54) is 0 Å². The van der Waals surface area contributed by atoms with Crippen LogP contribution in [0.5, 0.6) is 0 Å². The van der Waals surface area contributed by atoms with Gasteiger partial charge < -0.3 is 10.6 Å². The summed E-state index contributed by atoms with van der Waals surface area (Å²) < 4.78 is 22.4. The number of hydrogen-bond donors (Lipinski definition) is 1. The van der Waals surface area contributed by atoms with Gasteiger partial charge in [-0.2, -0.15) is 0 Å². The van der Waals surface area contributed by atoms with Gasteiger partial charge in [-0.05, 0) is 24.1 Å². The molecule has 0 radical (unpaired) electrons. The zero-order chi connectivity index (χ0) is 17.7. The van der Waals surface area contributed by atoms with Gasteiger partial charge in [-0.1, -0.05) is 23.7 Å². The first-order valence-electron chi connectivity index (χ1n) is 7.93. The maximum atomic E-state index is 12.3. The number of carbonyl (C=O) groups excluding carboxylic acids is 1. The number of benzene rings is 1. The summed E-state index contributed by atoms with van der Waals surface area (Å²) >= 11 is 6.00. The van der Waals surface area contributed by atoms with Gasteiger partial charge in [-0.15, -0.1) is 12.4 Å². The van der Waals surface area contributed by atoms with E-state index in [1.54, 1.807) is 4.90 Å². The van der Waals surface area contributed by atoms with Gasteiger partial charge in [0.15, 0.2) is 0 Å². The minimum absolute atomic E-state index is 0. The van der Waals surface area contributed by atoms with Crippen molar-refractivity contribution < 1.29 is 13.2 Å². The largest absolute Gasteiger partial charge is 0.339 e. The third-order valence-corrected chi connectivity index (χ3v) is 5.31. The molecule has 0 bridgehead atoms.